The van der Waals surface area contributed by atoms with Crippen LogP contribution in [0.3, 0.4) is 0 Å². The molecule has 26 heavy (non-hydrogen) atoms. The Hall–Kier alpha value is -2.82. The van der Waals surface area contributed by atoms with Gasteiger partial charge in [0.15, 0.2) is 0 Å². The van der Waals surface area contributed by atoms with Gasteiger partial charge in [-0.05, 0) is 56.5 Å². The number of carbonyl (C=O) groups excluding carboxylic acids is 2. The highest BCUT2D eigenvalue weighted by atomic mass is 16.5. The summed E-state index contributed by atoms with van der Waals surface area (Å²) in [6.07, 6.45) is 0.569. The number of carbonyl (C=O) groups is 2. The normalized spacial score (nSPS) is 18.1. The quantitative estimate of drug-likeness (QED) is 0.828. The Morgan fingerprint density at radius 1 is 0.962 bits per heavy atom. The highest BCUT2D eigenvalue weighted by molar-refractivity contribution is 6.04. The molecular weight excluding hydrogens is 328 g/mol. The Kier molecular flexibility index (Phi) is 5.26. The maximum absolute atomic E-state index is 12.5. The molecule has 0 aromatic heterocycles. The van der Waals surface area contributed by atoms with Crippen molar-refractivity contribution in [2.24, 2.45) is 11.8 Å². The van der Waals surface area contributed by atoms with Crippen LogP contribution in [-0.4, -0.2) is 18.4 Å². The average molecular weight is 352 g/mol. The SMILES string of the molecule is CCOc1ccccc1NC(=O)C1CC1C(=O)Nc1cccc(C)c1C. The molecule has 0 spiro atoms. The zero-order valence-electron chi connectivity index (χ0n) is 15.3. The van der Waals surface area contributed by atoms with Crippen LogP contribution in [-0.2, 0) is 9.59 Å². The van der Waals surface area contributed by atoms with Gasteiger partial charge in [-0.1, -0.05) is 24.3 Å². The Morgan fingerprint density at radius 2 is 1.58 bits per heavy atom. The molecule has 2 aromatic rings. The van der Waals surface area contributed by atoms with Crippen molar-refractivity contribution in [3.05, 3.63) is 53.6 Å². The molecule has 0 aliphatic heterocycles. The van der Waals surface area contributed by atoms with Gasteiger partial charge in [0.1, 0.15) is 5.75 Å². The highest BCUT2D eigenvalue weighted by Gasteiger charge is 2.48. The molecule has 2 N–H and O–H groups in total. The van der Waals surface area contributed by atoms with Crippen LogP contribution in [0.2, 0.25) is 0 Å². The predicted octanol–water partition coefficient (Wildman–Crippen LogP) is 3.92. The molecule has 0 heterocycles. The third kappa shape index (κ3) is 3.87. The van der Waals surface area contributed by atoms with Crippen molar-refractivity contribution in [1.29, 1.82) is 0 Å². The zero-order valence-corrected chi connectivity index (χ0v) is 15.3. The molecule has 2 amide bonds. The van der Waals surface area contributed by atoms with E-state index in [1.807, 2.05) is 57.2 Å². The van der Waals surface area contributed by atoms with E-state index in [2.05, 4.69) is 10.6 Å². The molecule has 2 aromatic carbocycles. The van der Waals surface area contributed by atoms with Gasteiger partial charge in [0, 0.05) is 5.69 Å². The second-order valence-corrected chi connectivity index (χ2v) is 6.60. The predicted molar refractivity (Wildman–Crippen MR) is 102 cm³/mol. The highest BCUT2D eigenvalue weighted by Crippen LogP contribution is 2.41. The van der Waals surface area contributed by atoms with Gasteiger partial charge < -0.3 is 15.4 Å². The van der Waals surface area contributed by atoms with Crippen LogP contribution in [0.15, 0.2) is 42.5 Å². The van der Waals surface area contributed by atoms with Crippen LogP contribution in [0, 0.1) is 25.7 Å². The number of nitrogens with one attached hydrogen (secondary N) is 2. The smallest absolute Gasteiger partial charge is 0.228 e. The molecule has 2 atom stereocenters. The van der Waals surface area contributed by atoms with Crippen molar-refractivity contribution in [3.8, 4) is 5.75 Å². The van der Waals surface area contributed by atoms with Crippen molar-refractivity contribution >= 4 is 23.2 Å². The maximum atomic E-state index is 12.5. The standard InChI is InChI=1S/C21H24N2O3/c1-4-26-19-11-6-5-9-18(19)23-21(25)16-12-15(16)20(24)22-17-10-7-8-13(2)14(17)3/h5-11,15-16H,4,12H2,1-3H3,(H,22,24)(H,23,25). The molecule has 0 radical (unpaired) electrons. The van der Waals surface area contributed by atoms with E-state index < -0.39 is 0 Å². The topological polar surface area (TPSA) is 67.4 Å². The third-order valence-corrected chi connectivity index (χ3v) is 4.77. The number of ether oxygens (including phenoxy) is 1. The second-order valence-electron chi connectivity index (χ2n) is 6.60. The first kappa shape index (κ1) is 18.0. The summed E-state index contributed by atoms with van der Waals surface area (Å²) in [5.41, 5.74) is 3.62. The summed E-state index contributed by atoms with van der Waals surface area (Å²) in [4.78, 5) is 24.9. The fraction of sp³-hybridized carbons (Fsp3) is 0.333. The molecule has 1 aliphatic rings. The Bertz CT molecular complexity index is 832. The van der Waals surface area contributed by atoms with Crippen molar-refractivity contribution in [1.82, 2.24) is 0 Å². The van der Waals surface area contributed by atoms with Crippen molar-refractivity contribution in [2.75, 3.05) is 17.2 Å². The van der Waals surface area contributed by atoms with E-state index >= 15 is 0 Å². The van der Waals surface area contributed by atoms with Crippen LogP contribution in [0.4, 0.5) is 11.4 Å². The van der Waals surface area contributed by atoms with E-state index in [4.69, 9.17) is 4.74 Å². The van der Waals surface area contributed by atoms with Gasteiger partial charge in [-0.3, -0.25) is 9.59 Å². The molecule has 5 nitrogen and oxygen atoms in total. The molecule has 1 aliphatic carbocycles. The minimum absolute atomic E-state index is 0.100. The number of amides is 2. The maximum Gasteiger partial charge on any atom is 0.228 e. The van der Waals surface area contributed by atoms with Crippen molar-refractivity contribution in [3.63, 3.8) is 0 Å². The number of hydrogen-bond donors (Lipinski definition) is 2. The molecule has 0 bridgehead atoms. The lowest BCUT2D eigenvalue weighted by Crippen LogP contribution is -2.21. The van der Waals surface area contributed by atoms with E-state index in [9.17, 15) is 9.59 Å². The van der Waals surface area contributed by atoms with Crippen LogP contribution >= 0.6 is 0 Å². The van der Waals surface area contributed by atoms with E-state index in [1.54, 1.807) is 6.07 Å². The molecule has 0 saturated heterocycles. The molecule has 1 saturated carbocycles. The summed E-state index contributed by atoms with van der Waals surface area (Å²) < 4.78 is 5.52. The lowest BCUT2D eigenvalue weighted by Gasteiger charge is -2.12. The first-order valence-corrected chi connectivity index (χ1v) is 8.91. The number of aryl methyl sites for hydroxylation is 1. The van der Waals surface area contributed by atoms with Crippen LogP contribution in [0.1, 0.15) is 24.5 Å². The van der Waals surface area contributed by atoms with Gasteiger partial charge in [0.25, 0.3) is 0 Å². The van der Waals surface area contributed by atoms with Gasteiger partial charge in [-0.25, -0.2) is 0 Å². The van der Waals surface area contributed by atoms with E-state index in [0.29, 0.717) is 24.5 Å². The van der Waals surface area contributed by atoms with Gasteiger partial charge in [-0.15, -0.1) is 0 Å². The number of hydrogen-bond acceptors (Lipinski definition) is 3. The molecule has 2 unspecified atom stereocenters. The number of benzene rings is 2. The summed E-state index contributed by atoms with van der Waals surface area (Å²) >= 11 is 0. The fourth-order valence-corrected chi connectivity index (χ4v) is 2.96. The van der Waals surface area contributed by atoms with E-state index in [1.165, 1.54) is 0 Å². The van der Waals surface area contributed by atoms with Gasteiger partial charge in [0.2, 0.25) is 11.8 Å². The van der Waals surface area contributed by atoms with Gasteiger partial charge >= 0.3 is 0 Å². The number of para-hydroxylation sites is 2. The summed E-state index contributed by atoms with van der Waals surface area (Å²) in [6.45, 7) is 6.41. The van der Waals surface area contributed by atoms with E-state index in [-0.39, 0.29) is 23.7 Å². The first-order valence-electron chi connectivity index (χ1n) is 8.91. The van der Waals surface area contributed by atoms with Crippen molar-refractivity contribution in [2.45, 2.75) is 27.2 Å². The Labute approximate surface area is 153 Å². The summed E-state index contributed by atoms with van der Waals surface area (Å²) in [7, 11) is 0. The average Bonchev–Trinajstić information content (AvgIpc) is 3.42. The molecular formula is C21H24N2O3. The first-order chi connectivity index (χ1) is 12.5. The monoisotopic (exact) mass is 352 g/mol. The second kappa shape index (κ2) is 7.60. The Balaban J connectivity index is 1.60. The van der Waals surface area contributed by atoms with E-state index in [0.717, 1.165) is 16.8 Å². The fourth-order valence-electron chi connectivity index (χ4n) is 2.96. The summed E-state index contributed by atoms with van der Waals surface area (Å²) in [5.74, 6) is -0.181. The zero-order chi connectivity index (χ0) is 18.7. The molecule has 1 fully saturated rings. The number of anilines is 2. The van der Waals surface area contributed by atoms with Crippen LogP contribution in [0.25, 0.3) is 0 Å². The van der Waals surface area contributed by atoms with Gasteiger partial charge in [0.05, 0.1) is 24.1 Å². The molecule has 5 heteroatoms. The third-order valence-electron chi connectivity index (χ3n) is 4.77. The van der Waals surface area contributed by atoms with Crippen molar-refractivity contribution < 1.29 is 14.3 Å². The van der Waals surface area contributed by atoms with Crippen LogP contribution < -0.4 is 15.4 Å². The lowest BCUT2D eigenvalue weighted by molar-refractivity contribution is -0.122. The molecule has 3 rings (SSSR count). The minimum atomic E-state index is -0.296. The lowest BCUT2D eigenvalue weighted by atomic mass is 10.1. The largest absolute Gasteiger partial charge is 0.492 e. The van der Waals surface area contributed by atoms with Gasteiger partial charge in [-0.2, -0.15) is 0 Å². The number of rotatable bonds is 6. The minimum Gasteiger partial charge on any atom is -0.492 e. The summed E-state index contributed by atoms with van der Waals surface area (Å²) in [5, 5.41) is 5.83. The summed E-state index contributed by atoms with van der Waals surface area (Å²) in [6, 6.07) is 13.1. The molecule has 136 valence electrons. The Morgan fingerprint density at radius 3 is 2.27 bits per heavy atom. The van der Waals surface area contributed by atoms with Crippen LogP contribution in [0.5, 0.6) is 5.75 Å².